The van der Waals surface area contributed by atoms with E-state index < -0.39 is 21.7 Å². The van der Waals surface area contributed by atoms with Crippen molar-refractivity contribution in [3.8, 4) is 0 Å². The number of carbonyl (C=O) groups excluding carboxylic acids is 1. The molecule has 0 saturated carbocycles. The normalized spacial score (nSPS) is 21.7. The van der Waals surface area contributed by atoms with Crippen molar-refractivity contribution < 1.29 is 17.9 Å². The molecule has 0 N–H and O–H groups in total. The number of imidazole rings is 1. The molecule has 0 aliphatic carbocycles. The molecule has 2 aliphatic heterocycles. The molecule has 1 fully saturated rings. The van der Waals surface area contributed by atoms with Crippen LogP contribution in [-0.2, 0) is 31.7 Å². The number of piperidine rings is 1. The van der Waals surface area contributed by atoms with Crippen LogP contribution in [0.4, 0.5) is 0 Å². The Kier molecular flexibility index (Phi) is 5.00. The molecule has 1 aromatic heterocycles. The van der Waals surface area contributed by atoms with Gasteiger partial charge in [0.2, 0.25) is 10.0 Å². The summed E-state index contributed by atoms with van der Waals surface area (Å²) in [4.78, 5) is 18.8. The summed E-state index contributed by atoms with van der Waals surface area (Å²) in [5.41, 5.74) is 0.262. The Labute approximate surface area is 171 Å². The molecule has 2 aromatic rings. The topological polar surface area (TPSA) is 84.7 Å². The number of hydrogen-bond donors (Lipinski definition) is 0. The zero-order valence-electron chi connectivity index (χ0n) is 16.9. The molecular weight excluding hydrogens is 392 g/mol. The molecule has 29 heavy (non-hydrogen) atoms. The van der Waals surface area contributed by atoms with Crippen LogP contribution >= 0.6 is 0 Å². The third-order valence-electron chi connectivity index (χ3n) is 5.76. The Morgan fingerprint density at radius 2 is 1.86 bits per heavy atom. The van der Waals surface area contributed by atoms with Gasteiger partial charge < -0.3 is 14.2 Å². The molecule has 0 radical (unpaired) electrons. The second-order valence-electron chi connectivity index (χ2n) is 7.95. The first-order valence-electron chi connectivity index (χ1n) is 9.70. The molecule has 4 rings (SSSR count). The Morgan fingerprint density at radius 1 is 1.21 bits per heavy atom. The lowest BCUT2D eigenvalue weighted by molar-refractivity contribution is -0.177. The van der Waals surface area contributed by atoms with Gasteiger partial charge in [-0.3, -0.25) is 4.79 Å². The maximum atomic E-state index is 13.0. The van der Waals surface area contributed by atoms with E-state index in [2.05, 4.69) is 4.98 Å². The van der Waals surface area contributed by atoms with Crippen molar-refractivity contribution in [2.45, 2.75) is 42.9 Å². The number of aromatic nitrogens is 2. The molecule has 1 spiro atoms. The minimum Gasteiger partial charge on any atom is -0.352 e. The van der Waals surface area contributed by atoms with E-state index in [9.17, 15) is 13.2 Å². The van der Waals surface area contributed by atoms with E-state index in [1.165, 1.54) is 9.21 Å². The smallest absolute Gasteiger partial charge is 0.253 e. The fourth-order valence-electron chi connectivity index (χ4n) is 4.10. The van der Waals surface area contributed by atoms with Gasteiger partial charge in [0, 0.05) is 39.6 Å². The molecule has 156 valence electrons. The first-order valence-corrected chi connectivity index (χ1v) is 11.1. The highest BCUT2D eigenvalue weighted by atomic mass is 32.2. The summed E-state index contributed by atoms with van der Waals surface area (Å²) in [5, 5.41) is 0. The number of rotatable bonds is 3. The largest absolute Gasteiger partial charge is 0.352 e. The van der Waals surface area contributed by atoms with Crippen LogP contribution in [-0.4, -0.2) is 66.4 Å². The average Bonchev–Trinajstić information content (AvgIpc) is 3.18. The van der Waals surface area contributed by atoms with Gasteiger partial charge in [-0.15, -0.1) is 0 Å². The highest BCUT2D eigenvalue weighted by molar-refractivity contribution is 7.89. The first-order chi connectivity index (χ1) is 13.7. The Bertz CT molecular complexity index is 1010. The van der Waals surface area contributed by atoms with Gasteiger partial charge in [-0.05, 0) is 31.9 Å². The molecule has 8 nitrogen and oxygen atoms in total. The van der Waals surface area contributed by atoms with Crippen molar-refractivity contribution in [3.05, 3.63) is 48.0 Å². The first kappa shape index (κ1) is 20.1. The van der Waals surface area contributed by atoms with Crippen molar-refractivity contribution in [1.82, 2.24) is 18.8 Å². The van der Waals surface area contributed by atoms with Gasteiger partial charge in [-0.2, -0.15) is 4.31 Å². The van der Waals surface area contributed by atoms with Crippen LogP contribution < -0.4 is 0 Å². The second kappa shape index (κ2) is 7.23. The van der Waals surface area contributed by atoms with E-state index >= 15 is 0 Å². The summed E-state index contributed by atoms with van der Waals surface area (Å²) < 4.78 is 35.8. The molecule has 1 aromatic carbocycles. The van der Waals surface area contributed by atoms with Gasteiger partial charge in [0.25, 0.3) is 5.91 Å². The molecule has 3 heterocycles. The van der Waals surface area contributed by atoms with Crippen LogP contribution in [0.1, 0.15) is 24.2 Å². The van der Waals surface area contributed by atoms with E-state index in [0.717, 1.165) is 11.4 Å². The van der Waals surface area contributed by atoms with Gasteiger partial charge in [-0.25, -0.2) is 13.4 Å². The summed E-state index contributed by atoms with van der Waals surface area (Å²) in [7, 11) is -0.152. The predicted molar refractivity (Wildman–Crippen MR) is 107 cm³/mol. The molecule has 1 amide bonds. The lowest BCUT2D eigenvalue weighted by Gasteiger charge is -2.45. The van der Waals surface area contributed by atoms with Crippen LogP contribution in [0.3, 0.4) is 0 Å². The molecular formula is C20H26N4O4S. The lowest BCUT2D eigenvalue weighted by atomic mass is 9.89. The fraction of sp³-hybridized carbons (Fsp3) is 0.500. The van der Waals surface area contributed by atoms with E-state index in [1.54, 1.807) is 44.6 Å². The van der Waals surface area contributed by atoms with Gasteiger partial charge in [0.1, 0.15) is 11.4 Å². The quantitative estimate of drug-likeness (QED) is 0.751. The molecule has 0 bridgehead atoms. The number of benzene rings is 1. The zero-order valence-corrected chi connectivity index (χ0v) is 17.7. The van der Waals surface area contributed by atoms with Crippen LogP contribution in [0.5, 0.6) is 0 Å². The predicted octanol–water partition coefficient (Wildman–Crippen LogP) is 1.36. The fourth-order valence-corrected chi connectivity index (χ4v) is 5.54. The van der Waals surface area contributed by atoms with Crippen LogP contribution in [0.15, 0.2) is 41.6 Å². The Balaban J connectivity index is 1.57. The standard InChI is InChI=1S/C20H26N4O4S/c1-15-4-6-16(7-5-15)29(26,27)24-11-8-20(9-12-24)19-21-10-13-23(19)14-17(28-20)18(25)22(2)3/h4-7,10,13,17H,8-9,11-12,14H2,1-3H3. The monoisotopic (exact) mass is 418 g/mol. The molecule has 1 unspecified atom stereocenters. The number of aryl methyl sites for hydroxylation is 1. The number of sulfonamides is 1. The van der Waals surface area contributed by atoms with Gasteiger partial charge >= 0.3 is 0 Å². The summed E-state index contributed by atoms with van der Waals surface area (Å²) in [5.74, 6) is 0.672. The van der Waals surface area contributed by atoms with Crippen LogP contribution in [0, 0.1) is 6.92 Å². The van der Waals surface area contributed by atoms with Crippen molar-refractivity contribution in [2.24, 2.45) is 0 Å². The number of carbonyl (C=O) groups is 1. The summed E-state index contributed by atoms with van der Waals surface area (Å²) >= 11 is 0. The molecule has 9 heteroatoms. The third-order valence-corrected chi connectivity index (χ3v) is 7.67. The number of nitrogens with zero attached hydrogens (tertiary/aromatic N) is 4. The van der Waals surface area contributed by atoms with E-state index in [0.29, 0.717) is 37.4 Å². The maximum Gasteiger partial charge on any atom is 0.253 e. The van der Waals surface area contributed by atoms with Crippen molar-refractivity contribution in [3.63, 3.8) is 0 Å². The lowest BCUT2D eigenvalue weighted by Crippen LogP contribution is -2.54. The van der Waals surface area contributed by atoms with Gasteiger partial charge in [-0.1, -0.05) is 17.7 Å². The van der Waals surface area contributed by atoms with E-state index in [-0.39, 0.29) is 5.91 Å². The van der Waals surface area contributed by atoms with Gasteiger partial charge in [0.15, 0.2) is 6.10 Å². The van der Waals surface area contributed by atoms with Crippen molar-refractivity contribution in [1.29, 1.82) is 0 Å². The van der Waals surface area contributed by atoms with Crippen LogP contribution in [0.25, 0.3) is 0 Å². The van der Waals surface area contributed by atoms with Crippen molar-refractivity contribution >= 4 is 15.9 Å². The molecule has 2 aliphatic rings. The minimum absolute atomic E-state index is 0.0987. The second-order valence-corrected chi connectivity index (χ2v) is 9.89. The third kappa shape index (κ3) is 3.47. The summed E-state index contributed by atoms with van der Waals surface area (Å²) in [6.07, 6.45) is 3.86. The summed E-state index contributed by atoms with van der Waals surface area (Å²) in [6, 6.07) is 6.89. The molecule has 1 atom stereocenters. The zero-order chi connectivity index (χ0) is 20.8. The average molecular weight is 419 g/mol. The SMILES string of the molecule is Cc1ccc(S(=O)(=O)N2CCC3(CC2)OC(C(=O)N(C)C)Cn2ccnc23)cc1. The number of amides is 1. The maximum absolute atomic E-state index is 13.0. The van der Waals surface area contributed by atoms with Crippen LogP contribution in [0.2, 0.25) is 0 Å². The Morgan fingerprint density at radius 3 is 2.48 bits per heavy atom. The van der Waals surface area contributed by atoms with E-state index in [4.69, 9.17) is 4.74 Å². The van der Waals surface area contributed by atoms with Gasteiger partial charge in [0.05, 0.1) is 11.4 Å². The van der Waals surface area contributed by atoms with E-state index in [1.807, 2.05) is 17.7 Å². The number of hydrogen-bond acceptors (Lipinski definition) is 5. The van der Waals surface area contributed by atoms with Crippen molar-refractivity contribution in [2.75, 3.05) is 27.2 Å². The number of fused-ring (bicyclic) bond motifs is 2. The molecule has 1 saturated heterocycles. The Hall–Kier alpha value is -2.23. The number of likely N-dealkylation sites (N-methyl/N-ethyl adjacent to an activating group) is 1. The highest BCUT2D eigenvalue weighted by Gasteiger charge is 2.48. The highest BCUT2D eigenvalue weighted by Crippen LogP contribution is 2.41. The number of ether oxygens (including phenoxy) is 1. The summed E-state index contributed by atoms with van der Waals surface area (Å²) in [6.45, 7) is 2.96. The minimum atomic E-state index is -3.57.